The third-order valence-electron chi connectivity index (χ3n) is 5.28. The van der Waals surface area contributed by atoms with E-state index in [4.69, 9.17) is 4.74 Å². The van der Waals surface area contributed by atoms with Crippen molar-refractivity contribution in [2.24, 2.45) is 0 Å². The molecule has 180 valence electrons. The minimum Gasteiger partial charge on any atom is -0.372 e. The van der Waals surface area contributed by atoms with Crippen LogP contribution in [0.4, 0.5) is 11.4 Å². The van der Waals surface area contributed by atoms with E-state index in [0.717, 1.165) is 11.1 Å². The largest absolute Gasteiger partial charge is 0.372 e. The SMILES string of the molecule is O=[N+]([O-])c1ccc(COCc2ccc([N+](=O)[O-])c(C#Cc3ccccc3)c2)cc1C#Cc1ccccc1. The number of hydrogen-bond acceptors (Lipinski definition) is 5. The van der Waals surface area contributed by atoms with E-state index in [-0.39, 0.29) is 24.6 Å². The zero-order valence-electron chi connectivity index (χ0n) is 19.6. The number of nitro benzene ring substituents is 2. The van der Waals surface area contributed by atoms with Gasteiger partial charge in [0.2, 0.25) is 0 Å². The van der Waals surface area contributed by atoms with E-state index in [9.17, 15) is 20.2 Å². The van der Waals surface area contributed by atoms with Gasteiger partial charge in [0.05, 0.1) is 23.1 Å². The van der Waals surface area contributed by atoms with E-state index in [1.54, 1.807) is 24.3 Å². The molecule has 7 nitrogen and oxygen atoms in total. The van der Waals surface area contributed by atoms with Crippen LogP contribution >= 0.6 is 0 Å². The number of nitrogens with zero attached hydrogens (tertiary/aromatic N) is 2. The highest BCUT2D eigenvalue weighted by atomic mass is 16.6. The molecule has 0 saturated heterocycles. The average molecular weight is 488 g/mol. The van der Waals surface area contributed by atoms with Crippen LogP contribution in [0.2, 0.25) is 0 Å². The lowest BCUT2D eigenvalue weighted by Gasteiger charge is -2.07. The van der Waals surface area contributed by atoms with Gasteiger partial charge in [-0.2, -0.15) is 0 Å². The van der Waals surface area contributed by atoms with Crippen LogP contribution < -0.4 is 0 Å². The fourth-order valence-electron chi connectivity index (χ4n) is 3.47. The summed E-state index contributed by atoms with van der Waals surface area (Å²) in [6, 6.07) is 27.8. The number of rotatable bonds is 6. The topological polar surface area (TPSA) is 95.5 Å². The van der Waals surface area contributed by atoms with Gasteiger partial charge >= 0.3 is 0 Å². The van der Waals surface area contributed by atoms with E-state index in [1.165, 1.54) is 12.1 Å². The highest BCUT2D eigenvalue weighted by Crippen LogP contribution is 2.22. The van der Waals surface area contributed by atoms with Crippen LogP contribution in [0.25, 0.3) is 0 Å². The summed E-state index contributed by atoms with van der Waals surface area (Å²) in [5, 5.41) is 22.9. The molecule has 7 heteroatoms. The first-order valence-corrected chi connectivity index (χ1v) is 11.3. The van der Waals surface area contributed by atoms with Gasteiger partial charge in [0.1, 0.15) is 11.1 Å². The first kappa shape index (κ1) is 24.9. The van der Waals surface area contributed by atoms with Gasteiger partial charge in [0.15, 0.2) is 0 Å². The van der Waals surface area contributed by atoms with Gasteiger partial charge in [-0.05, 0) is 59.7 Å². The third-order valence-corrected chi connectivity index (χ3v) is 5.28. The first-order valence-electron chi connectivity index (χ1n) is 11.3. The number of nitro groups is 2. The van der Waals surface area contributed by atoms with Gasteiger partial charge in [-0.25, -0.2) is 0 Å². The van der Waals surface area contributed by atoms with Crippen molar-refractivity contribution in [3.05, 3.63) is 151 Å². The molecule has 0 aliphatic rings. The van der Waals surface area contributed by atoms with Crippen LogP contribution in [0.5, 0.6) is 0 Å². The lowest BCUT2D eigenvalue weighted by molar-refractivity contribution is -0.385. The number of hydrogen-bond donors (Lipinski definition) is 0. The van der Waals surface area contributed by atoms with E-state index in [1.807, 2.05) is 60.7 Å². The Labute approximate surface area is 213 Å². The van der Waals surface area contributed by atoms with Crippen molar-refractivity contribution in [1.29, 1.82) is 0 Å². The summed E-state index contributed by atoms with van der Waals surface area (Å²) in [5.74, 6) is 11.7. The average Bonchev–Trinajstić information content (AvgIpc) is 2.92. The second-order valence-electron chi connectivity index (χ2n) is 7.94. The van der Waals surface area contributed by atoms with Crippen molar-refractivity contribution >= 4 is 11.4 Å². The Hall–Kier alpha value is -5.24. The molecule has 0 fully saturated rings. The molecule has 0 saturated carbocycles. The molecule has 4 rings (SSSR count). The molecule has 0 radical (unpaired) electrons. The van der Waals surface area contributed by atoms with Crippen molar-refractivity contribution in [1.82, 2.24) is 0 Å². The van der Waals surface area contributed by atoms with Crippen molar-refractivity contribution < 1.29 is 14.6 Å². The quantitative estimate of drug-likeness (QED) is 0.188. The Morgan fingerprint density at radius 2 is 0.973 bits per heavy atom. The van der Waals surface area contributed by atoms with Crippen molar-refractivity contribution in [2.75, 3.05) is 0 Å². The molecule has 37 heavy (non-hydrogen) atoms. The standard InChI is InChI=1S/C30H20N2O5/c33-31(34)29-17-13-25(19-27(29)15-11-23-7-3-1-4-8-23)21-37-22-26-14-18-30(32(35)36)28(20-26)16-12-24-9-5-2-6-10-24/h1-10,13-14,17-20H,21-22H2. The van der Waals surface area contributed by atoms with Gasteiger partial charge in [-0.15, -0.1) is 0 Å². The molecule has 0 unspecified atom stereocenters. The Morgan fingerprint density at radius 1 is 0.568 bits per heavy atom. The van der Waals surface area contributed by atoms with Crippen molar-refractivity contribution in [2.45, 2.75) is 13.2 Å². The van der Waals surface area contributed by atoms with E-state index in [0.29, 0.717) is 22.3 Å². The summed E-state index contributed by atoms with van der Waals surface area (Å²) in [6.07, 6.45) is 0. The van der Waals surface area contributed by atoms with Crippen LogP contribution in [0.3, 0.4) is 0 Å². The van der Waals surface area contributed by atoms with Crippen LogP contribution in [0.15, 0.2) is 97.1 Å². The van der Waals surface area contributed by atoms with Gasteiger partial charge in [-0.3, -0.25) is 20.2 Å². The summed E-state index contributed by atoms with van der Waals surface area (Å²) in [6.45, 7) is 0.361. The van der Waals surface area contributed by atoms with E-state index in [2.05, 4.69) is 23.7 Å². The molecule has 0 aliphatic heterocycles. The van der Waals surface area contributed by atoms with E-state index >= 15 is 0 Å². The van der Waals surface area contributed by atoms with Crippen molar-refractivity contribution in [3.63, 3.8) is 0 Å². The molecule has 0 atom stereocenters. The van der Waals surface area contributed by atoms with Gasteiger partial charge in [0, 0.05) is 23.3 Å². The normalized spacial score (nSPS) is 9.95. The summed E-state index contributed by atoms with van der Waals surface area (Å²) >= 11 is 0. The number of ether oxygens (including phenoxy) is 1. The zero-order valence-corrected chi connectivity index (χ0v) is 19.6. The number of benzene rings is 4. The molecular formula is C30H20N2O5. The minimum absolute atomic E-state index is 0.0795. The van der Waals surface area contributed by atoms with Gasteiger partial charge < -0.3 is 4.74 Å². The summed E-state index contributed by atoms with van der Waals surface area (Å²) in [4.78, 5) is 22.0. The molecule has 0 amide bonds. The summed E-state index contributed by atoms with van der Waals surface area (Å²) in [7, 11) is 0. The summed E-state index contributed by atoms with van der Waals surface area (Å²) < 4.78 is 5.81. The Kier molecular flexibility index (Phi) is 8.03. The molecule has 4 aromatic carbocycles. The Morgan fingerprint density at radius 3 is 1.35 bits per heavy atom. The van der Waals surface area contributed by atoms with Crippen molar-refractivity contribution in [3.8, 4) is 23.7 Å². The maximum absolute atomic E-state index is 11.4. The first-order chi connectivity index (χ1) is 18.0. The molecule has 0 bridgehead atoms. The highest BCUT2D eigenvalue weighted by Gasteiger charge is 2.14. The maximum atomic E-state index is 11.4. The molecule has 0 spiro atoms. The van der Waals surface area contributed by atoms with Crippen LogP contribution in [-0.2, 0) is 18.0 Å². The molecular weight excluding hydrogens is 468 g/mol. The smallest absolute Gasteiger partial charge is 0.284 e. The molecule has 4 aromatic rings. The maximum Gasteiger partial charge on any atom is 0.284 e. The second kappa shape index (κ2) is 11.9. The molecule has 0 heterocycles. The van der Waals surface area contributed by atoms with Crippen LogP contribution in [-0.4, -0.2) is 9.85 Å². The molecule has 0 N–H and O–H groups in total. The molecule has 0 aromatic heterocycles. The van der Waals surface area contributed by atoms with Crippen LogP contribution in [0, 0.1) is 43.9 Å². The lowest BCUT2D eigenvalue weighted by atomic mass is 10.1. The fourth-order valence-corrected chi connectivity index (χ4v) is 3.47. The monoisotopic (exact) mass is 488 g/mol. The zero-order chi connectivity index (χ0) is 26.0. The lowest BCUT2D eigenvalue weighted by Crippen LogP contribution is -1.99. The third kappa shape index (κ3) is 6.89. The molecule has 0 aliphatic carbocycles. The predicted molar refractivity (Wildman–Crippen MR) is 140 cm³/mol. The van der Waals surface area contributed by atoms with Gasteiger partial charge in [0.25, 0.3) is 11.4 Å². The highest BCUT2D eigenvalue weighted by molar-refractivity contribution is 5.56. The summed E-state index contributed by atoms with van der Waals surface area (Å²) in [5.41, 5.74) is 3.37. The minimum atomic E-state index is -0.464. The van der Waals surface area contributed by atoms with E-state index < -0.39 is 9.85 Å². The predicted octanol–water partition coefficient (Wildman–Crippen LogP) is 6.02. The Bertz CT molecular complexity index is 1440. The second-order valence-corrected chi connectivity index (χ2v) is 7.94. The van der Waals surface area contributed by atoms with Crippen LogP contribution in [0.1, 0.15) is 33.4 Å². The van der Waals surface area contributed by atoms with Gasteiger partial charge in [-0.1, -0.05) is 60.1 Å². The fraction of sp³-hybridized carbons (Fsp3) is 0.0667. The Balaban J connectivity index is 1.49.